The highest BCUT2D eigenvalue weighted by Gasteiger charge is 2.50. The first-order valence-corrected chi connectivity index (χ1v) is 28.7. The van der Waals surface area contributed by atoms with E-state index < -0.39 is 10.8 Å². The number of benzene rings is 8. The lowest BCUT2D eigenvalue weighted by molar-refractivity contribution is 0.585. The van der Waals surface area contributed by atoms with Crippen LogP contribution in [0.25, 0.3) is 33.4 Å². The third-order valence-electron chi connectivity index (χ3n) is 17.4. The van der Waals surface area contributed by atoms with Gasteiger partial charge in [0.2, 0.25) is 0 Å². The minimum absolute atomic E-state index is 0.0884. The fourth-order valence-electron chi connectivity index (χ4n) is 13.1. The maximum Gasteiger partial charge on any atom is 0.0886 e. The minimum atomic E-state index is -0.757. The van der Waals surface area contributed by atoms with Crippen molar-refractivity contribution in [2.75, 3.05) is 0 Å². The van der Waals surface area contributed by atoms with Gasteiger partial charge in [-0.15, -0.1) is 0 Å². The molecule has 0 bridgehead atoms. The van der Waals surface area contributed by atoms with Gasteiger partial charge in [-0.25, -0.2) is 0 Å². The second-order valence-corrected chi connectivity index (χ2v) is 26.6. The third kappa shape index (κ3) is 8.62. The van der Waals surface area contributed by atoms with E-state index in [4.69, 9.17) is 9.97 Å². The molecular weight excluding hydrogens is 965 g/mol. The first-order chi connectivity index (χ1) is 38.2. The lowest BCUT2D eigenvalue weighted by Crippen LogP contribution is -2.31. The van der Waals surface area contributed by atoms with Gasteiger partial charge in [-0.3, -0.25) is 9.97 Å². The van der Waals surface area contributed by atoms with E-state index in [2.05, 4.69) is 289 Å². The fourth-order valence-corrected chi connectivity index (χ4v) is 13.1. The van der Waals surface area contributed by atoms with Crippen LogP contribution in [0.15, 0.2) is 231 Å². The lowest BCUT2D eigenvalue weighted by Gasteiger charge is -2.35. The van der Waals surface area contributed by atoms with Crippen molar-refractivity contribution in [3.63, 3.8) is 0 Å². The van der Waals surface area contributed by atoms with Gasteiger partial charge in [-0.2, -0.15) is 0 Å². The van der Waals surface area contributed by atoms with Gasteiger partial charge in [0.15, 0.2) is 0 Å². The zero-order chi connectivity index (χ0) is 56.0. The predicted molar refractivity (Wildman–Crippen MR) is 336 cm³/mol. The van der Waals surface area contributed by atoms with Gasteiger partial charge >= 0.3 is 0 Å². The van der Waals surface area contributed by atoms with Crippen LogP contribution < -0.4 is 0 Å². The van der Waals surface area contributed by atoms with Crippen molar-refractivity contribution in [2.24, 2.45) is 0 Å². The normalized spacial score (nSPS) is 14.2. The Morgan fingerprint density at radius 2 is 0.562 bits per heavy atom. The summed E-state index contributed by atoms with van der Waals surface area (Å²) in [6.45, 7) is 27.9. The van der Waals surface area contributed by atoms with Crippen LogP contribution in [-0.2, 0) is 32.5 Å². The number of hydrogen-bond donors (Lipinski definition) is 0. The van der Waals surface area contributed by atoms with Crippen molar-refractivity contribution < 1.29 is 0 Å². The second kappa shape index (κ2) is 19.3. The molecule has 0 radical (unpaired) electrons. The topological polar surface area (TPSA) is 25.8 Å². The highest BCUT2D eigenvalue weighted by molar-refractivity contribution is 6.05. The van der Waals surface area contributed by atoms with Crippen molar-refractivity contribution in [2.45, 2.75) is 116 Å². The Balaban J connectivity index is 1.21. The molecule has 0 spiro atoms. The summed E-state index contributed by atoms with van der Waals surface area (Å²) in [5.41, 5.74) is 24.6. The second-order valence-electron chi connectivity index (χ2n) is 26.6. The summed E-state index contributed by atoms with van der Waals surface area (Å²) in [5, 5.41) is 0. The molecule has 2 aliphatic rings. The van der Waals surface area contributed by atoms with Crippen molar-refractivity contribution in [1.29, 1.82) is 0 Å². The van der Waals surface area contributed by atoms with Gasteiger partial charge < -0.3 is 0 Å². The summed E-state index contributed by atoms with van der Waals surface area (Å²) >= 11 is 0. The third-order valence-corrected chi connectivity index (χ3v) is 17.4. The van der Waals surface area contributed by atoms with E-state index in [1.54, 1.807) is 0 Å². The number of hydrogen-bond acceptors (Lipinski definition) is 2. The van der Waals surface area contributed by atoms with Crippen LogP contribution in [0.5, 0.6) is 0 Å². The molecule has 0 aliphatic heterocycles. The number of nitrogens with zero attached hydrogens (tertiary/aromatic N) is 2. The predicted octanol–water partition coefficient (Wildman–Crippen LogP) is 19.4. The first kappa shape index (κ1) is 52.5. The van der Waals surface area contributed by atoms with Gasteiger partial charge in [-0.05, 0) is 169 Å². The Morgan fingerprint density at radius 3 is 0.850 bits per heavy atom. The number of rotatable bonds is 8. The Hall–Kier alpha value is -8.20. The molecule has 0 atom stereocenters. The molecule has 0 saturated carbocycles. The van der Waals surface area contributed by atoms with Crippen molar-refractivity contribution in [3.05, 3.63) is 320 Å². The van der Waals surface area contributed by atoms with E-state index in [0.29, 0.717) is 0 Å². The van der Waals surface area contributed by atoms with Crippen LogP contribution in [0, 0.1) is 0 Å². The number of pyridine rings is 2. The lowest BCUT2D eigenvalue weighted by atomic mass is 9.67. The molecule has 8 aromatic carbocycles. The van der Waals surface area contributed by atoms with Gasteiger partial charge in [-0.1, -0.05) is 265 Å². The molecule has 2 heterocycles. The van der Waals surface area contributed by atoms with Crippen molar-refractivity contribution >= 4 is 11.1 Å². The van der Waals surface area contributed by atoms with E-state index in [9.17, 15) is 0 Å². The zero-order valence-corrected chi connectivity index (χ0v) is 48.8. The molecule has 2 aliphatic carbocycles. The average Bonchev–Trinajstić information content (AvgIpc) is 4.00. The quantitative estimate of drug-likeness (QED) is 0.142. The van der Waals surface area contributed by atoms with Crippen molar-refractivity contribution in [1.82, 2.24) is 9.97 Å². The summed E-state index contributed by atoms with van der Waals surface area (Å²) in [6.07, 6.45) is 3.95. The summed E-state index contributed by atoms with van der Waals surface area (Å²) in [5.74, 6) is 0. The van der Waals surface area contributed by atoms with Crippen LogP contribution in [0.4, 0.5) is 0 Å². The Morgan fingerprint density at radius 1 is 0.275 bits per heavy atom. The molecule has 2 heteroatoms. The molecule has 0 saturated heterocycles. The summed E-state index contributed by atoms with van der Waals surface area (Å²) in [7, 11) is 0. The molecule has 12 rings (SSSR count). The molecule has 396 valence electrons. The molecule has 80 heavy (non-hydrogen) atoms. The molecule has 0 amide bonds. The van der Waals surface area contributed by atoms with E-state index in [0.717, 1.165) is 44.8 Å². The molecule has 2 aromatic heterocycles. The van der Waals surface area contributed by atoms with Crippen LogP contribution in [-0.4, -0.2) is 9.97 Å². The van der Waals surface area contributed by atoms with E-state index in [1.807, 2.05) is 24.5 Å². The first-order valence-electron chi connectivity index (χ1n) is 28.7. The van der Waals surface area contributed by atoms with Crippen LogP contribution >= 0.6 is 0 Å². The number of fused-ring (bicyclic) bond motifs is 6. The maximum atomic E-state index is 5.41. The van der Waals surface area contributed by atoms with Crippen LogP contribution in [0.3, 0.4) is 0 Å². The smallest absolute Gasteiger partial charge is 0.0886 e. The van der Waals surface area contributed by atoms with E-state index >= 15 is 0 Å². The summed E-state index contributed by atoms with van der Waals surface area (Å²) < 4.78 is 0. The Labute approximate surface area is 476 Å². The molecular formula is C78H74N2. The number of aromatic nitrogens is 2. The van der Waals surface area contributed by atoms with Gasteiger partial charge in [0.25, 0.3) is 0 Å². The molecule has 10 aromatic rings. The Kier molecular flexibility index (Phi) is 12.6. The fraction of sp³-hybridized carbons (Fsp3) is 0.231. The Bertz CT molecular complexity index is 3610. The van der Waals surface area contributed by atoms with Gasteiger partial charge in [0, 0.05) is 12.4 Å². The molecule has 2 nitrogen and oxygen atoms in total. The molecule has 0 fully saturated rings. The van der Waals surface area contributed by atoms with Gasteiger partial charge in [0.05, 0.1) is 22.2 Å². The SMILES string of the molecule is CC(C)(C)c1ccc2c(c1)C(c1cccc(C(=C(c3ccccc3)c3ccccc3)c3cccc(C4(c5ccccn5)c5cc(C(C)(C)C)ccc5-c5ccc(C(C)(C)C)cc54)c3)c1)(c1ccccn1)c1cc(C(C)(C)C)ccc1-2. The monoisotopic (exact) mass is 1040 g/mol. The highest BCUT2D eigenvalue weighted by atomic mass is 14.7. The summed E-state index contributed by atoms with van der Waals surface area (Å²) in [6, 6.07) is 82.9. The molecule has 0 unspecified atom stereocenters. The minimum Gasteiger partial charge on any atom is -0.260 e. The highest BCUT2D eigenvalue weighted by Crippen LogP contribution is 2.60. The maximum absolute atomic E-state index is 5.41. The summed E-state index contributed by atoms with van der Waals surface area (Å²) in [4.78, 5) is 10.8. The zero-order valence-electron chi connectivity index (χ0n) is 48.8. The van der Waals surface area contributed by atoms with E-state index in [-0.39, 0.29) is 21.7 Å². The van der Waals surface area contributed by atoms with E-state index in [1.165, 1.54) is 77.9 Å². The average molecular weight is 1040 g/mol. The van der Waals surface area contributed by atoms with Crippen LogP contribution in [0.2, 0.25) is 0 Å². The standard InChI is InChI=1S/C78H74N2/c1-73(2,3)55-35-39-61-62-40-36-56(74(4,5)6)48-66(62)77(65(61)47-55,69-33-19-21-43-79-69)59-31-23-29-53(45-59)72(71(51-25-15-13-16-26-51)52-27-17-14-18-28-52)54-30-24-32-60(46-54)78(70-34-20-22-44-80-70)67-49-57(75(7,8)9)37-41-63(67)64-42-38-58(50-68(64)78)76(10,11)12/h13-50H,1-12H3. The van der Waals surface area contributed by atoms with Gasteiger partial charge in [0.1, 0.15) is 0 Å². The largest absolute Gasteiger partial charge is 0.260 e. The van der Waals surface area contributed by atoms with Crippen LogP contribution in [0.1, 0.15) is 172 Å². The molecule has 0 N–H and O–H groups in total. The van der Waals surface area contributed by atoms with Crippen molar-refractivity contribution in [3.8, 4) is 22.3 Å².